The van der Waals surface area contributed by atoms with Gasteiger partial charge in [0.25, 0.3) is 5.91 Å². The van der Waals surface area contributed by atoms with E-state index in [4.69, 9.17) is 4.74 Å². The van der Waals surface area contributed by atoms with Crippen LogP contribution in [0.4, 0.5) is 0 Å². The van der Waals surface area contributed by atoms with E-state index in [1.165, 1.54) is 11.1 Å². The molecule has 10 heavy (non-hydrogen) atoms. The first-order valence-electron chi connectivity index (χ1n) is 3.34. The van der Waals surface area contributed by atoms with Gasteiger partial charge in [-0.1, -0.05) is 13.5 Å². The largest absolute Gasteiger partial charge is 0.348 e. The average molecular weight is 141 g/mol. The highest BCUT2D eigenvalue weighted by atomic mass is 16.5. The highest BCUT2D eigenvalue weighted by molar-refractivity contribution is 5.83. The Morgan fingerprint density at radius 3 is 3.00 bits per heavy atom. The van der Waals surface area contributed by atoms with Gasteiger partial charge in [0.1, 0.15) is 12.8 Å². The highest BCUT2D eigenvalue weighted by Crippen LogP contribution is 2.12. The summed E-state index contributed by atoms with van der Waals surface area (Å²) in [6, 6.07) is 0. The van der Waals surface area contributed by atoms with Crippen molar-refractivity contribution in [3.8, 4) is 0 Å². The standard InChI is InChI=1S/C7H11NO2/c1-3-6-7(9)8(4-2)5-10-6/h4,6H,2-3,5H2,1H3. The fourth-order valence-corrected chi connectivity index (χ4v) is 0.925. The van der Waals surface area contributed by atoms with E-state index in [9.17, 15) is 4.79 Å². The molecule has 3 nitrogen and oxygen atoms in total. The quantitative estimate of drug-likeness (QED) is 0.567. The monoisotopic (exact) mass is 141 g/mol. The average Bonchev–Trinajstić information content (AvgIpc) is 2.30. The summed E-state index contributed by atoms with van der Waals surface area (Å²) >= 11 is 0. The van der Waals surface area contributed by atoms with Crippen LogP contribution < -0.4 is 0 Å². The van der Waals surface area contributed by atoms with Gasteiger partial charge in [-0.15, -0.1) is 0 Å². The smallest absolute Gasteiger partial charge is 0.257 e. The summed E-state index contributed by atoms with van der Waals surface area (Å²) in [6.07, 6.45) is 2.00. The molecule has 0 aromatic rings. The van der Waals surface area contributed by atoms with Crippen LogP contribution in [-0.2, 0) is 9.53 Å². The first-order chi connectivity index (χ1) is 4.79. The van der Waals surface area contributed by atoms with Gasteiger partial charge in [-0.3, -0.25) is 9.69 Å². The third-order valence-corrected chi connectivity index (χ3v) is 1.56. The van der Waals surface area contributed by atoms with Crippen molar-refractivity contribution >= 4 is 5.91 Å². The first kappa shape index (κ1) is 7.28. The second-order valence-corrected chi connectivity index (χ2v) is 2.18. The summed E-state index contributed by atoms with van der Waals surface area (Å²) in [6.45, 7) is 5.77. The van der Waals surface area contributed by atoms with E-state index < -0.39 is 0 Å². The summed E-state index contributed by atoms with van der Waals surface area (Å²) in [5.74, 6) is 0.0255. The molecule has 0 aromatic heterocycles. The molecule has 1 saturated heterocycles. The van der Waals surface area contributed by atoms with E-state index in [0.717, 1.165) is 6.42 Å². The van der Waals surface area contributed by atoms with Crippen LogP contribution in [-0.4, -0.2) is 23.6 Å². The topological polar surface area (TPSA) is 29.5 Å². The molecule has 1 heterocycles. The molecule has 1 unspecified atom stereocenters. The fraction of sp³-hybridized carbons (Fsp3) is 0.571. The number of hydrogen-bond acceptors (Lipinski definition) is 2. The molecule has 1 aliphatic heterocycles. The van der Waals surface area contributed by atoms with Crippen molar-refractivity contribution in [2.75, 3.05) is 6.73 Å². The summed E-state index contributed by atoms with van der Waals surface area (Å²) in [4.78, 5) is 12.6. The Balaban J connectivity index is 2.57. The maximum Gasteiger partial charge on any atom is 0.257 e. The molecule has 0 bridgehead atoms. The number of ether oxygens (including phenoxy) is 1. The molecule has 0 aromatic carbocycles. The van der Waals surface area contributed by atoms with Crippen LogP contribution >= 0.6 is 0 Å². The van der Waals surface area contributed by atoms with Gasteiger partial charge in [-0.05, 0) is 6.42 Å². The molecule has 0 spiro atoms. The van der Waals surface area contributed by atoms with Crippen LogP contribution in [0.15, 0.2) is 12.8 Å². The molecule has 0 N–H and O–H groups in total. The van der Waals surface area contributed by atoms with Crippen LogP contribution in [0.3, 0.4) is 0 Å². The van der Waals surface area contributed by atoms with Gasteiger partial charge in [-0.25, -0.2) is 0 Å². The summed E-state index contributed by atoms with van der Waals surface area (Å²) in [7, 11) is 0. The highest BCUT2D eigenvalue weighted by Gasteiger charge is 2.28. The minimum atomic E-state index is -0.238. The third-order valence-electron chi connectivity index (χ3n) is 1.56. The molecule has 1 atom stereocenters. The maximum absolute atomic E-state index is 11.1. The van der Waals surface area contributed by atoms with Crippen molar-refractivity contribution in [3.05, 3.63) is 12.8 Å². The lowest BCUT2D eigenvalue weighted by Gasteiger charge is -2.04. The fourth-order valence-electron chi connectivity index (χ4n) is 0.925. The predicted molar refractivity (Wildman–Crippen MR) is 37.1 cm³/mol. The van der Waals surface area contributed by atoms with E-state index in [-0.39, 0.29) is 12.0 Å². The third kappa shape index (κ3) is 1.04. The van der Waals surface area contributed by atoms with Gasteiger partial charge in [0.15, 0.2) is 0 Å². The number of carbonyl (C=O) groups is 1. The van der Waals surface area contributed by atoms with Crippen molar-refractivity contribution in [1.29, 1.82) is 0 Å². The summed E-state index contributed by atoms with van der Waals surface area (Å²) in [5.41, 5.74) is 0. The Hall–Kier alpha value is -0.830. The molecular weight excluding hydrogens is 130 g/mol. The molecule has 56 valence electrons. The maximum atomic E-state index is 11.1. The predicted octanol–water partition coefficient (Wildman–Crippen LogP) is 0.725. The number of nitrogens with zero attached hydrogens (tertiary/aromatic N) is 1. The molecule has 1 rings (SSSR count). The lowest BCUT2D eigenvalue weighted by Crippen LogP contribution is -2.24. The minimum Gasteiger partial charge on any atom is -0.348 e. The second kappa shape index (κ2) is 2.84. The van der Waals surface area contributed by atoms with Crippen LogP contribution in [0.1, 0.15) is 13.3 Å². The van der Waals surface area contributed by atoms with E-state index in [2.05, 4.69) is 6.58 Å². The zero-order valence-electron chi connectivity index (χ0n) is 6.04. The Bertz CT molecular complexity index is 156. The summed E-state index contributed by atoms with van der Waals surface area (Å²) < 4.78 is 5.12. The molecule has 0 radical (unpaired) electrons. The van der Waals surface area contributed by atoms with Crippen LogP contribution in [0, 0.1) is 0 Å². The number of amides is 1. The number of rotatable bonds is 2. The lowest BCUT2D eigenvalue weighted by atomic mass is 10.3. The van der Waals surface area contributed by atoms with Gasteiger partial charge >= 0.3 is 0 Å². The van der Waals surface area contributed by atoms with E-state index in [0.29, 0.717) is 6.73 Å². The molecule has 3 heteroatoms. The van der Waals surface area contributed by atoms with Crippen molar-refractivity contribution in [3.63, 3.8) is 0 Å². The van der Waals surface area contributed by atoms with Crippen molar-refractivity contribution in [2.45, 2.75) is 19.4 Å². The molecular formula is C7H11NO2. The second-order valence-electron chi connectivity index (χ2n) is 2.18. The van der Waals surface area contributed by atoms with Crippen LogP contribution in [0.2, 0.25) is 0 Å². The lowest BCUT2D eigenvalue weighted by molar-refractivity contribution is -0.128. The van der Waals surface area contributed by atoms with E-state index in [1.54, 1.807) is 0 Å². The Labute approximate surface area is 60.3 Å². The molecule has 1 fully saturated rings. The zero-order chi connectivity index (χ0) is 7.56. The number of carbonyl (C=O) groups excluding carboxylic acids is 1. The Kier molecular flexibility index (Phi) is 2.06. The summed E-state index contributed by atoms with van der Waals surface area (Å²) in [5, 5.41) is 0. The van der Waals surface area contributed by atoms with E-state index in [1.807, 2.05) is 6.92 Å². The van der Waals surface area contributed by atoms with Crippen LogP contribution in [0.25, 0.3) is 0 Å². The van der Waals surface area contributed by atoms with E-state index >= 15 is 0 Å². The van der Waals surface area contributed by atoms with Crippen molar-refractivity contribution < 1.29 is 9.53 Å². The minimum absolute atomic E-state index is 0.0255. The zero-order valence-corrected chi connectivity index (χ0v) is 6.04. The van der Waals surface area contributed by atoms with Crippen molar-refractivity contribution in [2.24, 2.45) is 0 Å². The van der Waals surface area contributed by atoms with Gasteiger partial charge in [0.2, 0.25) is 0 Å². The SMILES string of the molecule is C=CN1COC(CC)C1=O. The first-order valence-corrected chi connectivity index (χ1v) is 3.34. The molecule has 1 aliphatic rings. The Morgan fingerprint density at radius 2 is 2.70 bits per heavy atom. The molecule has 1 amide bonds. The van der Waals surface area contributed by atoms with Gasteiger partial charge in [-0.2, -0.15) is 0 Å². The normalized spacial score (nSPS) is 25.5. The Morgan fingerprint density at radius 1 is 2.00 bits per heavy atom. The van der Waals surface area contributed by atoms with Gasteiger partial charge in [0, 0.05) is 6.20 Å². The number of hydrogen-bond donors (Lipinski definition) is 0. The van der Waals surface area contributed by atoms with Crippen molar-refractivity contribution in [1.82, 2.24) is 4.90 Å². The van der Waals surface area contributed by atoms with Crippen LogP contribution in [0.5, 0.6) is 0 Å². The van der Waals surface area contributed by atoms with Gasteiger partial charge < -0.3 is 4.74 Å². The molecule has 0 saturated carbocycles. The molecule has 0 aliphatic carbocycles. The van der Waals surface area contributed by atoms with Gasteiger partial charge in [0.05, 0.1) is 0 Å².